The second kappa shape index (κ2) is 5.22. The Bertz CT molecular complexity index is 425. The van der Waals surface area contributed by atoms with E-state index in [4.69, 9.17) is 5.73 Å². The smallest absolute Gasteiger partial charge is 0.0513 e. The largest absolute Gasteiger partial charge is 0.367 e. The average Bonchev–Trinajstić information content (AvgIpc) is 3.21. The quantitative estimate of drug-likeness (QED) is 0.873. The van der Waals surface area contributed by atoms with Crippen LogP contribution in [0, 0.1) is 5.92 Å². The third kappa shape index (κ3) is 2.89. The summed E-state index contributed by atoms with van der Waals surface area (Å²) >= 11 is 3.74. The number of hydrogen-bond acceptors (Lipinski definition) is 2. The first-order valence-corrected chi connectivity index (χ1v) is 7.82. The van der Waals surface area contributed by atoms with Gasteiger partial charge in [-0.3, -0.25) is 0 Å². The molecule has 18 heavy (non-hydrogen) atoms. The molecular weight excluding hydrogens is 288 g/mol. The molecule has 2 saturated carbocycles. The predicted molar refractivity (Wildman–Crippen MR) is 80.0 cm³/mol. The second-order valence-corrected chi connectivity index (χ2v) is 6.51. The molecule has 0 radical (unpaired) electrons. The molecule has 2 aliphatic rings. The lowest BCUT2D eigenvalue weighted by Crippen LogP contribution is -2.28. The summed E-state index contributed by atoms with van der Waals surface area (Å²) in [4.78, 5) is 2.62. The van der Waals surface area contributed by atoms with Gasteiger partial charge in [0.1, 0.15) is 0 Å². The van der Waals surface area contributed by atoms with E-state index < -0.39 is 0 Å². The van der Waals surface area contributed by atoms with Crippen LogP contribution in [0.25, 0.3) is 0 Å². The topological polar surface area (TPSA) is 29.3 Å². The van der Waals surface area contributed by atoms with Crippen molar-refractivity contribution in [1.82, 2.24) is 0 Å². The highest BCUT2D eigenvalue weighted by atomic mass is 79.9. The fraction of sp³-hybridized carbons (Fsp3) is 0.600. The molecule has 2 nitrogen and oxygen atoms in total. The molecule has 0 aromatic heterocycles. The van der Waals surface area contributed by atoms with E-state index >= 15 is 0 Å². The van der Waals surface area contributed by atoms with Crippen molar-refractivity contribution in [3.8, 4) is 0 Å². The predicted octanol–water partition coefficient (Wildman–Crippen LogP) is 3.33. The third-order valence-corrected chi connectivity index (χ3v) is 4.53. The molecule has 98 valence electrons. The van der Waals surface area contributed by atoms with Gasteiger partial charge in [-0.15, -0.1) is 0 Å². The van der Waals surface area contributed by atoms with E-state index in [1.165, 1.54) is 48.0 Å². The first kappa shape index (κ1) is 12.5. The Hall–Kier alpha value is -0.540. The Kier molecular flexibility index (Phi) is 3.62. The van der Waals surface area contributed by atoms with Gasteiger partial charge in [-0.2, -0.15) is 0 Å². The van der Waals surface area contributed by atoms with Gasteiger partial charge in [-0.05, 0) is 78.2 Å². The average molecular weight is 309 g/mol. The zero-order valence-electron chi connectivity index (χ0n) is 10.7. The third-order valence-electron chi connectivity index (χ3n) is 3.89. The summed E-state index contributed by atoms with van der Waals surface area (Å²) < 4.78 is 1.24. The molecule has 0 aliphatic heterocycles. The van der Waals surface area contributed by atoms with Crippen LogP contribution in [-0.2, 0) is 6.42 Å². The van der Waals surface area contributed by atoms with Gasteiger partial charge in [0, 0.05) is 17.1 Å². The molecule has 3 rings (SSSR count). The minimum Gasteiger partial charge on any atom is -0.367 e. The number of nitrogens with zero attached hydrogens (tertiary/aromatic N) is 1. The Morgan fingerprint density at radius 1 is 1.22 bits per heavy atom. The highest BCUT2D eigenvalue weighted by Crippen LogP contribution is 2.40. The number of benzene rings is 1. The maximum absolute atomic E-state index is 5.62. The van der Waals surface area contributed by atoms with Gasteiger partial charge in [0.05, 0.1) is 5.69 Å². The molecule has 0 amide bonds. The van der Waals surface area contributed by atoms with Gasteiger partial charge < -0.3 is 10.6 Å². The van der Waals surface area contributed by atoms with Gasteiger partial charge >= 0.3 is 0 Å². The van der Waals surface area contributed by atoms with E-state index in [0.29, 0.717) is 0 Å². The normalized spacial score (nSPS) is 19.0. The second-order valence-electron chi connectivity index (χ2n) is 5.65. The molecule has 0 spiro atoms. The van der Waals surface area contributed by atoms with Crippen molar-refractivity contribution in [2.75, 3.05) is 18.0 Å². The summed E-state index contributed by atoms with van der Waals surface area (Å²) in [6.45, 7) is 1.97. The maximum Gasteiger partial charge on any atom is 0.0513 e. The fourth-order valence-corrected chi connectivity index (χ4v) is 3.17. The molecule has 1 aromatic carbocycles. The van der Waals surface area contributed by atoms with Gasteiger partial charge in [-0.25, -0.2) is 0 Å². The number of rotatable bonds is 6. The molecule has 2 fully saturated rings. The molecule has 1 aromatic rings. The van der Waals surface area contributed by atoms with E-state index in [0.717, 1.165) is 24.9 Å². The minimum atomic E-state index is 0.722. The number of nitrogens with two attached hydrogens (primary N) is 1. The Balaban J connectivity index is 1.79. The van der Waals surface area contributed by atoms with Crippen LogP contribution >= 0.6 is 15.9 Å². The zero-order valence-corrected chi connectivity index (χ0v) is 12.3. The molecule has 0 saturated heterocycles. The number of hydrogen-bond donors (Lipinski definition) is 1. The Morgan fingerprint density at radius 3 is 2.56 bits per heavy atom. The number of anilines is 1. The molecule has 0 heterocycles. The van der Waals surface area contributed by atoms with Gasteiger partial charge in [0.2, 0.25) is 0 Å². The van der Waals surface area contributed by atoms with Crippen LogP contribution in [0.15, 0.2) is 22.7 Å². The standard InChI is InChI=1S/C15H21BrN2/c16-14-9-11(7-8-17)3-6-15(14)18(13-4-5-13)10-12-1-2-12/h3,6,9,12-13H,1-2,4-5,7-8,10,17H2. The van der Waals surface area contributed by atoms with Crippen molar-refractivity contribution in [2.45, 2.75) is 38.1 Å². The first-order chi connectivity index (χ1) is 8.78. The lowest BCUT2D eigenvalue weighted by atomic mass is 10.1. The van der Waals surface area contributed by atoms with E-state index in [1.807, 2.05) is 0 Å². The van der Waals surface area contributed by atoms with Gasteiger partial charge in [0.15, 0.2) is 0 Å². The van der Waals surface area contributed by atoms with Crippen molar-refractivity contribution >= 4 is 21.6 Å². The van der Waals surface area contributed by atoms with Crippen LogP contribution in [0.4, 0.5) is 5.69 Å². The molecule has 0 atom stereocenters. The molecular formula is C15H21BrN2. The summed E-state index contributed by atoms with van der Waals surface area (Å²) in [5.41, 5.74) is 8.32. The number of halogens is 1. The minimum absolute atomic E-state index is 0.722. The molecule has 3 heteroatoms. The lowest BCUT2D eigenvalue weighted by Gasteiger charge is -2.26. The summed E-state index contributed by atoms with van der Waals surface area (Å²) in [5.74, 6) is 0.946. The van der Waals surface area contributed by atoms with Crippen molar-refractivity contribution in [3.63, 3.8) is 0 Å². The Labute approximate surface area is 118 Å². The van der Waals surface area contributed by atoms with Crippen molar-refractivity contribution in [1.29, 1.82) is 0 Å². The van der Waals surface area contributed by atoms with E-state index in [2.05, 4.69) is 39.0 Å². The highest BCUT2D eigenvalue weighted by molar-refractivity contribution is 9.10. The van der Waals surface area contributed by atoms with Crippen LogP contribution < -0.4 is 10.6 Å². The summed E-state index contributed by atoms with van der Waals surface area (Å²) in [5, 5.41) is 0. The zero-order chi connectivity index (χ0) is 12.5. The van der Waals surface area contributed by atoms with Crippen LogP contribution in [0.5, 0.6) is 0 Å². The molecule has 0 unspecified atom stereocenters. The van der Waals surface area contributed by atoms with Crippen LogP contribution in [0.1, 0.15) is 31.2 Å². The summed E-state index contributed by atoms with van der Waals surface area (Å²) in [6.07, 6.45) is 6.54. The summed E-state index contributed by atoms with van der Waals surface area (Å²) in [6, 6.07) is 7.54. The van der Waals surface area contributed by atoms with Crippen LogP contribution in [0.2, 0.25) is 0 Å². The van der Waals surface area contributed by atoms with Crippen molar-refractivity contribution in [3.05, 3.63) is 28.2 Å². The van der Waals surface area contributed by atoms with Crippen molar-refractivity contribution in [2.24, 2.45) is 11.7 Å². The van der Waals surface area contributed by atoms with Crippen LogP contribution in [-0.4, -0.2) is 19.1 Å². The van der Waals surface area contributed by atoms with E-state index in [9.17, 15) is 0 Å². The van der Waals surface area contributed by atoms with E-state index in [1.54, 1.807) is 0 Å². The SMILES string of the molecule is NCCc1ccc(N(CC2CC2)C2CC2)c(Br)c1. The lowest BCUT2D eigenvalue weighted by molar-refractivity contribution is 0.717. The highest BCUT2D eigenvalue weighted by Gasteiger charge is 2.34. The molecule has 2 aliphatic carbocycles. The van der Waals surface area contributed by atoms with E-state index in [-0.39, 0.29) is 0 Å². The molecule has 2 N–H and O–H groups in total. The fourth-order valence-electron chi connectivity index (χ4n) is 2.51. The Morgan fingerprint density at radius 2 is 2.00 bits per heavy atom. The maximum atomic E-state index is 5.62. The molecule has 0 bridgehead atoms. The monoisotopic (exact) mass is 308 g/mol. The van der Waals surface area contributed by atoms with Crippen LogP contribution in [0.3, 0.4) is 0 Å². The van der Waals surface area contributed by atoms with Gasteiger partial charge in [0.25, 0.3) is 0 Å². The summed E-state index contributed by atoms with van der Waals surface area (Å²) in [7, 11) is 0. The van der Waals surface area contributed by atoms with Crippen molar-refractivity contribution < 1.29 is 0 Å². The van der Waals surface area contributed by atoms with Gasteiger partial charge in [-0.1, -0.05) is 6.07 Å². The first-order valence-electron chi connectivity index (χ1n) is 7.03.